The molecule has 8 heteroatoms. The molecule has 0 aliphatic heterocycles. The highest BCUT2D eigenvalue weighted by Gasteiger charge is 2.11. The molecule has 0 aliphatic rings. The third kappa shape index (κ3) is 8.03. The zero-order valence-electron chi connectivity index (χ0n) is 16.4. The number of carbonyl (C=O) groups excluding carboxylic acids is 2. The number of esters is 1. The Morgan fingerprint density at radius 1 is 1.00 bits per heavy atom. The van der Waals surface area contributed by atoms with Gasteiger partial charge in [-0.2, -0.15) is 0 Å². The van der Waals surface area contributed by atoms with Gasteiger partial charge in [-0.25, -0.2) is 4.39 Å². The van der Waals surface area contributed by atoms with E-state index in [-0.39, 0.29) is 18.8 Å². The van der Waals surface area contributed by atoms with Gasteiger partial charge in [-0.15, -0.1) is 11.8 Å². The lowest BCUT2D eigenvalue weighted by atomic mass is 10.2. The van der Waals surface area contributed by atoms with Gasteiger partial charge in [0.2, 0.25) is 0 Å². The number of anilines is 1. The lowest BCUT2D eigenvalue weighted by Crippen LogP contribution is -2.21. The van der Waals surface area contributed by atoms with Gasteiger partial charge in [0.25, 0.3) is 5.91 Å². The first-order valence-electron chi connectivity index (χ1n) is 9.25. The average Bonchev–Trinajstić information content (AvgIpc) is 2.70. The van der Waals surface area contributed by atoms with Gasteiger partial charge >= 0.3 is 5.97 Å². The first-order valence-corrected chi connectivity index (χ1v) is 10.2. The zero-order valence-corrected chi connectivity index (χ0v) is 17.2. The van der Waals surface area contributed by atoms with Crippen LogP contribution in [0.25, 0.3) is 0 Å². The second kappa shape index (κ2) is 12.0. The fourth-order valence-electron chi connectivity index (χ4n) is 2.33. The molecule has 2 aromatic rings. The normalized spacial score (nSPS) is 10.3. The number of benzene rings is 2. The summed E-state index contributed by atoms with van der Waals surface area (Å²) >= 11 is 1.41. The molecule has 0 fully saturated rings. The van der Waals surface area contributed by atoms with E-state index in [0.717, 1.165) is 4.90 Å². The molecule has 6 nitrogen and oxygen atoms in total. The molecular formula is C21H24FNO5S. The topological polar surface area (TPSA) is 73.9 Å². The van der Waals surface area contributed by atoms with Crippen molar-refractivity contribution in [3.63, 3.8) is 0 Å². The minimum absolute atomic E-state index is 0.146. The third-order valence-corrected chi connectivity index (χ3v) is 4.59. The van der Waals surface area contributed by atoms with Gasteiger partial charge in [-0.3, -0.25) is 9.59 Å². The minimum Gasteiger partial charge on any atom is -0.490 e. The van der Waals surface area contributed by atoms with Gasteiger partial charge in [0.15, 0.2) is 18.1 Å². The molecule has 2 rings (SSSR count). The monoisotopic (exact) mass is 421 g/mol. The molecule has 0 aromatic heterocycles. The molecule has 1 amide bonds. The van der Waals surface area contributed by atoms with Crippen LogP contribution in [0.3, 0.4) is 0 Å². The molecule has 2 aromatic carbocycles. The Hall–Kier alpha value is -2.74. The molecule has 0 saturated heterocycles. The van der Waals surface area contributed by atoms with Crippen molar-refractivity contribution in [2.75, 3.05) is 30.9 Å². The van der Waals surface area contributed by atoms with E-state index >= 15 is 0 Å². The van der Waals surface area contributed by atoms with E-state index in [9.17, 15) is 14.0 Å². The second-order valence-corrected chi connectivity index (χ2v) is 6.96. The molecule has 0 saturated carbocycles. The third-order valence-electron chi connectivity index (χ3n) is 3.58. The largest absolute Gasteiger partial charge is 0.490 e. The van der Waals surface area contributed by atoms with E-state index in [4.69, 9.17) is 14.2 Å². The van der Waals surface area contributed by atoms with Crippen LogP contribution in [0.1, 0.15) is 20.3 Å². The van der Waals surface area contributed by atoms with Crippen LogP contribution in [-0.4, -0.2) is 37.4 Å². The van der Waals surface area contributed by atoms with Crippen molar-refractivity contribution in [1.29, 1.82) is 0 Å². The van der Waals surface area contributed by atoms with E-state index in [0.29, 0.717) is 36.2 Å². The summed E-state index contributed by atoms with van der Waals surface area (Å²) in [5.41, 5.74) is 0.518. The number of hydrogen-bond donors (Lipinski definition) is 1. The van der Waals surface area contributed by atoms with Crippen molar-refractivity contribution in [3.8, 4) is 11.5 Å². The van der Waals surface area contributed by atoms with Crippen molar-refractivity contribution < 1.29 is 28.2 Å². The van der Waals surface area contributed by atoms with Crippen molar-refractivity contribution in [2.45, 2.75) is 25.2 Å². The summed E-state index contributed by atoms with van der Waals surface area (Å²) in [6, 6.07) is 11.1. The molecule has 29 heavy (non-hydrogen) atoms. The summed E-state index contributed by atoms with van der Waals surface area (Å²) in [5, 5.41) is 2.66. The molecular weight excluding hydrogens is 397 g/mol. The minimum atomic E-state index is -0.475. The smallest absolute Gasteiger partial charge is 0.307 e. The highest BCUT2D eigenvalue weighted by Crippen LogP contribution is 2.30. The van der Waals surface area contributed by atoms with Crippen molar-refractivity contribution >= 4 is 29.3 Å². The number of halogens is 1. The molecule has 156 valence electrons. The maximum atomic E-state index is 12.8. The predicted molar refractivity (Wildman–Crippen MR) is 110 cm³/mol. The SMILES string of the molecule is CCOc1ccc(NC(=O)COC(=O)CCSc2ccc(F)cc2)cc1OCC. The van der Waals surface area contributed by atoms with Crippen LogP contribution in [0, 0.1) is 5.82 Å². The maximum absolute atomic E-state index is 12.8. The Kier molecular flexibility index (Phi) is 9.30. The van der Waals surface area contributed by atoms with Gasteiger partial charge in [0.1, 0.15) is 5.82 Å². The molecule has 0 bridgehead atoms. The second-order valence-electron chi connectivity index (χ2n) is 5.79. The van der Waals surface area contributed by atoms with Crippen LogP contribution in [0.5, 0.6) is 11.5 Å². The number of amides is 1. The highest BCUT2D eigenvalue weighted by molar-refractivity contribution is 7.99. The molecule has 1 N–H and O–H groups in total. The summed E-state index contributed by atoms with van der Waals surface area (Å²) in [7, 11) is 0. The molecule has 0 unspecified atom stereocenters. The number of hydrogen-bond acceptors (Lipinski definition) is 6. The first-order chi connectivity index (χ1) is 14.0. The Bertz CT molecular complexity index is 813. The van der Waals surface area contributed by atoms with Crippen LogP contribution in [0.4, 0.5) is 10.1 Å². The zero-order chi connectivity index (χ0) is 21.1. The Morgan fingerprint density at radius 3 is 2.38 bits per heavy atom. The maximum Gasteiger partial charge on any atom is 0.307 e. The lowest BCUT2D eigenvalue weighted by molar-refractivity contribution is -0.146. The molecule has 0 spiro atoms. The van der Waals surface area contributed by atoms with Crippen LogP contribution >= 0.6 is 11.8 Å². The first kappa shape index (κ1) is 22.5. The molecule has 0 atom stereocenters. The molecule has 0 heterocycles. The van der Waals surface area contributed by atoms with Crippen molar-refractivity contribution in [3.05, 3.63) is 48.3 Å². The number of rotatable bonds is 11. The summed E-state index contributed by atoms with van der Waals surface area (Å²) in [4.78, 5) is 24.7. The Labute approximate surface area is 173 Å². The van der Waals surface area contributed by atoms with Gasteiger partial charge in [-0.05, 0) is 50.2 Å². The van der Waals surface area contributed by atoms with Gasteiger partial charge in [-0.1, -0.05) is 0 Å². The van der Waals surface area contributed by atoms with E-state index < -0.39 is 11.9 Å². The molecule has 0 radical (unpaired) electrons. The van der Waals surface area contributed by atoms with Crippen molar-refractivity contribution in [2.24, 2.45) is 0 Å². The Balaban J connectivity index is 1.75. The number of nitrogens with one attached hydrogen (secondary N) is 1. The van der Waals surface area contributed by atoms with Crippen molar-refractivity contribution in [1.82, 2.24) is 0 Å². The van der Waals surface area contributed by atoms with Crippen LogP contribution in [-0.2, 0) is 14.3 Å². The lowest BCUT2D eigenvalue weighted by Gasteiger charge is -2.13. The number of carbonyl (C=O) groups is 2. The fraction of sp³-hybridized carbons (Fsp3) is 0.333. The van der Waals surface area contributed by atoms with Crippen LogP contribution in [0.15, 0.2) is 47.4 Å². The highest BCUT2D eigenvalue weighted by atomic mass is 32.2. The average molecular weight is 421 g/mol. The number of ether oxygens (including phenoxy) is 3. The Morgan fingerprint density at radius 2 is 1.69 bits per heavy atom. The van der Waals surface area contributed by atoms with Crippen LogP contribution in [0.2, 0.25) is 0 Å². The standard InChI is InChI=1S/C21H24FNO5S/c1-3-26-18-10-7-16(13-19(18)27-4-2)23-20(24)14-28-21(25)11-12-29-17-8-5-15(22)6-9-17/h5-10,13H,3-4,11-12,14H2,1-2H3,(H,23,24). The van der Waals surface area contributed by atoms with Gasteiger partial charge in [0.05, 0.1) is 19.6 Å². The fourth-order valence-corrected chi connectivity index (χ4v) is 3.16. The van der Waals surface area contributed by atoms with E-state index in [1.165, 1.54) is 23.9 Å². The molecule has 0 aliphatic carbocycles. The van der Waals surface area contributed by atoms with E-state index in [1.54, 1.807) is 30.3 Å². The van der Waals surface area contributed by atoms with Crippen LogP contribution < -0.4 is 14.8 Å². The summed E-state index contributed by atoms with van der Waals surface area (Å²) < 4.78 is 28.8. The summed E-state index contributed by atoms with van der Waals surface area (Å²) in [6.45, 7) is 4.32. The number of thioether (sulfide) groups is 1. The quantitative estimate of drug-likeness (QED) is 0.431. The van der Waals surface area contributed by atoms with Gasteiger partial charge in [0, 0.05) is 22.4 Å². The van der Waals surface area contributed by atoms with E-state index in [2.05, 4.69) is 5.32 Å². The van der Waals surface area contributed by atoms with E-state index in [1.807, 2.05) is 13.8 Å². The van der Waals surface area contributed by atoms with Gasteiger partial charge < -0.3 is 19.5 Å². The predicted octanol–water partition coefficient (Wildman–Crippen LogP) is 4.29. The summed E-state index contributed by atoms with van der Waals surface area (Å²) in [6.07, 6.45) is 0.146. The summed E-state index contributed by atoms with van der Waals surface area (Å²) in [5.74, 6) is 0.371.